The van der Waals surface area contributed by atoms with Crippen molar-refractivity contribution in [1.82, 2.24) is 47.8 Å². The van der Waals surface area contributed by atoms with Gasteiger partial charge in [0.25, 0.3) is 0 Å². The van der Waals surface area contributed by atoms with Gasteiger partial charge in [0, 0.05) is 12.4 Å². The third-order valence-electron chi connectivity index (χ3n) is 8.54. The van der Waals surface area contributed by atoms with Crippen LogP contribution in [0.4, 0.5) is 11.9 Å². The van der Waals surface area contributed by atoms with Crippen LogP contribution in [0.5, 0.6) is 0 Å². The zero-order valence-corrected chi connectivity index (χ0v) is 22.5. The van der Waals surface area contributed by atoms with Gasteiger partial charge in [-0.05, 0) is 48.5 Å². The van der Waals surface area contributed by atoms with E-state index in [-0.39, 0.29) is 23.5 Å². The topological polar surface area (TPSA) is 154 Å². The van der Waals surface area contributed by atoms with Gasteiger partial charge in [0.05, 0.1) is 33.5 Å². The van der Waals surface area contributed by atoms with Gasteiger partial charge in [0.1, 0.15) is 0 Å². The van der Waals surface area contributed by atoms with E-state index in [1.54, 1.807) is 36.7 Å². The van der Waals surface area contributed by atoms with Gasteiger partial charge < -0.3 is 10.6 Å². The van der Waals surface area contributed by atoms with Crippen molar-refractivity contribution < 1.29 is 0 Å². The summed E-state index contributed by atoms with van der Waals surface area (Å²) in [6.45, 7) is 0. The number of hydrogen-bond donors (Lipinski definition) is 2. The standard InChI is InChI=1S/C30H18N12O2/c43-27-39-19-11-3-1-9-17(19)33-23(39)35-25-37-30(22-14-6-8-16-32-22)29(41(25)27,21-13-5-7-15-31-21)38-26-36-24-34-18-10-2-4-12-20(18)40(24)28(44)42(26)30/h1-16H,(H,33,35,37)(H,34,36,38). The van der Waals surface area contributed by atoms with Crippen LogP contribution >= 0.6 is 0 Å². The van der Waals surface area contributed by atoms with Crippen LogP contribution in [-0.4, -0.2) is 47.8 Å². The maximum atomic E-state index is 14.8. The number of pyridine rings is 2. The van der Waals surface area contributed by atoms with Crippen molar-refractivity contribution in [3.05, 3.63) is 130 Å². The lowest BCUT2D eigenvalue weighted by molar-refractivity contribution is 0.237. The van der Waals surface area contributed by atoms with Crippen LogP contribution in [0.25, 0.3) is 33.6 Å². The molecule has 2 N–H and O–H groups in total. The van der Waals surface area contributed by atoms with Gasteiger partial charge >= 0.3 is 11.4 Å². The Hall–Kier alpha value is -6.44. The minimum Gasteiger partial charge on any atom is -0.323 e. The van der Waals surface area contributed by atoms with Crippen molar-refractivity contribution in [2.24, 2.45) is 0 Å². The Morgan fingerprint density at radius 2 is 0.955 bits per heavy atom. The molecule has 2 atom stereocenters. The molecule has 6 aromatic heterocycles. The second-order valence-electron chi connectivity index (χ2n) is 10.7. The lowest BCUT2D eigenvalue weighted by Gasteiger charge is -2.38. The van der Waals surface area contributed by atoms with Crippen molar-refractivity contribution in [2.75, 3.05) is 10.6 Å². The number of imidazole rings is 2. The van der Waals surface area contributed by atoms with Gasteiger partial charge in [0.2, 0.25) is 34.8 Å². The molecule has 10 rings (SSSR count). The van der Waals surface area contributed by atoms with Crippen LogP contribution in [0, 0.1) is 0 Å². The van der Waals surface area contributed by atoms with Crippen LogP contribution in [0.15, 0.2) is 107 Å². The molecule has 2 unspecified atom stereocenters. The molecular formula is C30H18N12O2. The Kier molecular flexibility index (Phi) is 4.04. The first-order chi connectivity index (χ1) is 21.6. The summed E-state index contributed by atoms with van der Waals surface area (Å²) in [5.74, 6) is 0.775. The SMILES string of the molecule is O=c1n2c(nc3nc4ccccc4n13)NC1(c3ccccn3)n3c(nc4nc5ccccc5n4c3=O)NC21c1ccccn1. The van der Waals surface area contributed by atoms with Gasteiger partial charge in [-0.15, -0.1) is 0 Å². The molecule has 0 saturated heterocycles. The highest BCUT2D eigenvalue weighted by Gasteiger charge is 2.70. The van der Waals surface area contributed by atoms with E-state index in [1.165, 1.54) is 17.9 Å². The van der Waals surface area contributed by atoms with Crippen LogP contribution in [-0.2, 0) is 11.3 Å². The normalized spacial score (nSPS) is 20.1. The lowest BCUT2D eigenvalue weighted by atomic mass is 9.87. The molecule has 0 aliphatic carbocycles. The van der Waals surface area contributed by atoms with Crippen molar-refractivity contribution in [3.8, 4) is 0 Å². The molecule has 0 radical (unpaired) electrons. The molecule has 44 heavy (non-hydrogen) atoms. The van der Waals surface area contributed by atoms with E-state index in [0.29, 0.717) is 33.5 Å². The smallest absolute Gasteiger partial charge is 0.323 e. The van der Waals surface area contributed by atoms with Crippen molar-refractivity contribution in [1.29, 1.82) is 0 Å². The second kappa shape index (κ2) is 7.69. The maximum Gasteiger partial charge on any atom is 0.340 e. The predicted octanol–water partition coefficient (Wildman–Crippen LogP) is 2.15. The number of hydrogen-bond acceptors (Lipinski definition) is 10. The predicted molar refractivity (Wildman–Crippen MR) is 159 cm³/mol. The number of aromatic nitrogens is 10. The van der Waals surface area contributed by atoms with Crippen LogP contribution in [0.3, 0.4) is 0 Å². The van der Waals surface area contributed by atoms with Crippen molar-refractivity contribution in [2.45, 2.75) is 11.3 Å². The Bertz CT molecular complexity index is 2440. The Balaban J connectivity index is 1.42. The van der Waals surface area contributed by atoms with Crippen molar-refractivity contribution in [3.63, 3.8) is 0 Å². The highest BCUT2D eigenvalue weighted by atomic mass is 16.2. The van der Waals surface area contributed by atoms with Gasteiger partial charge in [-0.3, -0.25) is 9.97 Å². The number of nitrogens with one attached hydrogen (secondary N) is 2. The fraction of sp³-hybridized carbons (Fsp3) is 0.0667. The van der Waals surface area contributed by atoms with E-state index in [2.05, 4.69) is 20.6 Å². The van der Waals surface area contributed by atoms with Gasteiger partial charge in [-0.25, -0.2) is 37.5 Å². The number of anilines is 2. The fourth-order valence-electron chi connectivity index (χ4n) is 6.82. The van der Waals surface area contributed by atoms with E-state index in [0.717, 1.165) is 0 Å². The molecule has 0 saturated carbocycles. The van der Waals surface area contributed by atoms with Gasteiger partial charge in [-0.2, -0.15) is 9.97 Å². The molecule has 14 nitrogen and oxygen atoms in total. The minimum absolute atomic E-state index is 0.176. The summed E-state index contributed by atoms with van der Waals surface area (Å²) in [6, 6.07) is 25.5. The average molecular weight is 579 g/mol. The van der Waals surface area contributed by atoms with Gasteiger partial charge in [0.15, 0.2) is 0 Å². The third kappa shape index (κ3) is 2.49. The summed E-state index contributed by atoms with van der Waals surface area (Å²) >= 11 is 0. The highest BCUT2D eigenvalue weighted by molar-refractivity contribution is 5.81. The molecule has 0 bridgehead atoms. The molecular weight excluding hydrogens is 560 g/mol. The summed E-state index contributed by atoms with van der Waals surface area (Å²) in [4.78, 5) is 58.0. The lowest BCUT2D eigenvalue weighted by Crippen LogP contribution is -2.61. The largest absolute Gasteiger partial charge is 0.340 e. The first-order valence-corrected chi connectivity index (χ1v) is 13.8. The van der Waals surface area contributed by atoms with Crippen LogP contribution < -0.4 is 22.0 Å². The fourth-order valence-corrected chi connectivity index (χ4v) is 6.82. The molecule has 8 heterocycles. The van der Waals surface area contributed by atoms with E-state index in [1.807, 2.05) is 60.7 Å². The molecule has 2 aromatic carbocycles. The number of benzene rings is 2. The Morgan fingerprint density at radius 1 is 0.523 bits per heavy atom. The first kappa shape index (κ1) is 23.2. The second-order valence-corrected chi connectivity index (χ2v) is 10.7. The number of nitrogens with zero attached hydrogens (tertiary/aromatic N) is 10. The number of rotatable bonds is 2. The summed E-state index contributed by atoms with van der Waals surface area (Å²) in [5.41, 5.74) is -0.803. The molecule has 210 valence electrons. The molecule has 14 heteroatoms. The third-order valence-corrected chi connectivity index (χ3v) is 8.54. The maximum absolute atomic E-state index is 14.8. The first-order valence-electron chi connectivity index (χ1n) is 13.8. The van der Waals surface area contributed by atoms with E-state index in [9.17, 15) is 9.59 Å². The monoisotopic (exact) mass is 578 g/mol. The number of para-hydroxylation sites is 4. The molecule has 0 amide bonds. The summed E-state index contributed by atoms with van der Waals surface area (Å²) in [5, 5.41) is 6.94. The van der Waals surface area contributed by atoms with Crippen LogP contribution in [0.1, 0.15) is 11.4 Å². The molecule has 8 aromatic rings. The highest BCUT2D eigenvalue weighted by Crippen LogP contribution is 2.54. The van der Waals surface area contributed by atoms with E-state index in [4.69, 9.17) is 19.9 Å². The van der Waals surface area contributed by atoms with Crippen molar-refractivity contribution >= 4 is 45.5 Å². The quantitative estimate of drug-likeness (QED) is 0.312. The van der Waals surface area contributed by atoms with Gasteiger partial charge in [-0.1, -0.05) is 36.4 Å². The molecule has 2 aliphatic heterocycles. The zero-order chi connectivity index (χ0) is 29.2. The molecule has 2 aliphatic rings. The van der Waals surface area contributed by atoms with E-state index >= 15 is 0 Å². The summed E-state index contributed by atoms with van der Waals surface area (Å²) in [7, 11) is 0. The van der Waals surface area contributed by atoms with Crippen LogP contribution in [0.2, 0.25) is 0 Å². The zero-order valence-electron chi connectivity index (χ0n) is 22.5. The number of fused-ring (bicyclic) bond motifs is 11. The minimum atomic E-state index is -1.60. The molecule has 0 spiro atoms. The Labute approximate surface area is 245 Å². The summed E-state index contributed by atoms with van der Waals surface area (Å²) < 4.78 is 5.89. The molecule has 0 fully saturated rings. The Morgan fingerprint density at radius 3 is 1.39 bits per heavy atom. The average Bonchev–Trinajstić information content (AvgIpc) is 3.77. The summed E-state index contributed by atoms with van der Waals surface area (Å²) in [6.07, 6.45) is 3.27. The van der Waals surface area contributed by atoms with E-state index < -0.39 is 22.7 Å².